The molecule has 114 valence electrons. The van der Waals surface area contributed by atoms with E-state index in [1.54, 1.807) is 0 Å². The number of rotatable bonds is 3. The lowest BCUT2D eigenvalue weighted by Crippen LogP contribution is -2.33. The van der Waals surface area contributed by atoms with Gasteiger partial charge in [-0.15, -0.1) is 0 Å². The van der Waals surface area contributed by atoms with Crippen LogP contribution >= 0.6 is 15.9 Å². The number of nitrogens with two attached hydrogens (primary N) is 1. The number of hydrogen-bond donors (Lipinski definition) is 2. The largest absolute Gasteiger partial charge is 0.371 e. The van der Waals surface area contributed by atoms with Gasteiger partial charge >= 0.3 is 0 Å². The van der Waals surface area contributed by atoms with Crippen LogP contribution in [-0.2, 0) is 4.79 Å². The van der Waals surface area contributed by atoms with Crippen LogP contribution in [0.1, 0.15) is 44.2 Å². The standard InChI is InChI=1S/C16H22BrN3O/c1-2-3-10-4-6-20(7-5-10)14-9-13-11(8-12(14)17)15(18)16(21)19-13/h8-10,15H,2-7,18H2,1H3,(H,19,21). The number of piperidine rings is 1. The normalized spacial score (nSPS) is 22.3. The summed E-state index contributed by atoms with van der Waals surface area (Å²) in [5, 5.41) is 2.87. The highest BCUT2D eigenvalue weighted by Gasteiger charge is 2.29. The second-order valence-corrected chi connectivity index (χ2v) is 6.93. The molecule has 1 atom stereocenters. The summed E-state index contributed by atoms with van der Waals surface area (Å²) < 4.78 is 1.03. The monoisotopic (exact) mass is 351 g/mol. The highest BCUT2D eigenvalue weighted by molar-refractivity contribution is 9.10. The van der Waals surface area contributed by atoms with Crippen molar-refractivity contribution in [2.75, 3.05) is 23.3 Å². The molecular weight excluding hydrogens is 330 g/mol. The van der Waals surface area contributed by atoms with E-state index in [9.17, 15) is 4.79 Å². The van der Waals surface area contributed by atoms with Crippen LogP contribution in [0.15, 0.2) is 16.6 Å². The van der Waals surface area contributed by atoms with Crippen LogP contribution in [0.5, 0.6) is 0 Å². The number of fused-ring (bicyclic) bond motifs is 1. The zero-order valence-electron chi connectivity index (χ0n) is 12.4. The van der Waals surface area contributed by atoms with Crippen molar-refractivity contribution in [3.8, 4) is 0 Å². The molecule has 3 rings (SSSR count). The number of anilines is 2. The fourth-order valence-corrected chi connectivity index (χ4v) is 4.02. The first-order valence-electron chi connectivity index (χ1n) is 7.75. The van der Waals surface area contributed by atoms with E-state index in [0.717, 1.165) is 40.4 Å². The van der Waals surface area contributed by atoms with Gasteiger partial charge in [-0.05, 0) is 46.8 Å². The minimum absolute atomic E-state index is 0.115. The zero-order chi connectivity index (χ0) is 15.0. The fraction of sp³-hybridized carbons (Fsp3) is 0.562. The number of halogens is 1. The predicted octanol–water partition coefficient (Wildman–Crippen LogP) is 3.42. The molecule has 2 aliphatic rings. The third kappa shape index (κ3) is 2.81. The number of nitrogens with one attached hydrogen (secondary N) is 1. The molecule has 2 heterocycles. The molecule has 0 aromatic heterocycles. The van der Waals surface area contributed by atoms with E-state index in [2.05, 4.69) is 39.1 Å². The van der Waals surface area contributed by atoms with Crippen LogP contribution < -0.4 is 16.0 Å². The van der Waals surface area contributed by atoms with Crippen LogP contribution in [0.25, 0.3) is 0 Å². The van der Waals surface area contributed by atoms with Crippen molar-refractivity contribution in [1.29, 1.82) is 0 Å². The zero-order valence-corrected chi connectivity index (χ0v) is 13.9. The van der Waals surface area contributed by atoms with Gasteiger partial charge in [-0.3, -0.25) is 4.79 Å². The minimum Gasteiger partial charge on any atom is -0.371 e. The summed E-state index contributed by atoms with van der Waals surface area (Å²) in [4.78, 5) is 14.1. The molecule has 0 spiro atoms. The Morgan fingerprint density at radius 2 is 2.10 bits per heavy atom. The van der Waals surface area contributed by atoms with E-state index in [4.69, 9.17) is 5.73 Å². The Kier molecular flexibility index (Phi) is 4.22. The average Bonchev–Trinajstić information content (AvgIpc) is 2.75. The Bertz CT molecular complexity index is 553. The highest BCUT2D eigenvalue weighted by atomic mass is 79.9. The number of nitrogens with zero attached hydrogens (tertiary/aromatic N) is 1. The summed E-state index contributed by atoms with van der Waals surface area (Å²) in [6, 6.07) is 3.51. The van der Waals surface area contributed by atoms with Gasteiger partial charge in [0.2, 0.25) is 5.91 Å². The maximum absolute atomic E-state index is 11.7. The number of hydrogen-bond acceptors (Lipinski definition) is 3. The Labute approximate surface area is 134 Å². The molecule has 0 radical (unpaired) electrons. The second kappa shape index (κ2) is 5.97. The molecule has 5 heteroatoms. The average molecular weight is 352 g/mol. The van der Waals surface area contributed by atoms with Crippen LogP contribution in [0, 0.1) is 5.92 Å². The van der Waals surface area contributed by atoms with Crippen LogP contribution in [0.4, 0.5) is 11.4 Å². The molecule has 1 aromatic carbocycles. The number of carbonyl (C=O) groups excluding carboxylic acids is 1. The molecule has 0 bridgehead atoms. The molecule has 1 aromatic rings. The topological polar surface area (TPSA) is 58.4 Å². The maximum atomic E-state index is 11.7. The van der Waals surface area contributed by atoms with Gasteiger partial charge in [0.05, 0.1) is 5.69 Å². The first-order valence-corrected chi connectivity index (χ1v) is 8.54. The van der Waals surface area contributed by atoms with Crippen molar-refractivity contribution in [2.45, 2.75) is 38.6 Å². The van der Waals surface area contributed by atoms with Crippen molar-refractivity contribution in [3.63, 3.8) is 0 Å². The van der Waals surface area contributed by atoms with Crippen molar-refractivity contribution < 1.29 is 4.79 Å². The molecule has 1 unspecified atom stereocenters. The molecular formula is C16H22BrN3O. The smallest absolute Gasteiger partial charge is 0.245 e. The van der Waals surface area contributed by atoms with Gasteiger partial charge in [0.1, 0.15) is 6.04 Å². The van der Waals surface area contributed by atoms with E-state index in [1.165, 1.54) is 25.7 Å². The molecule has 2 aliphatic heterocycles. The quantitative estimate of drug-likeness (QED) is 0.876. The van der Waals surface area contributed by atoms with E-state index in [0.29, 0.717) is 0 Å². The lowest BCUT2D eigenvalue weighted by atomic mass is 9.92. The van der Waals surface area contributed by atoms with Crippen LogP contribution in [0.2, 0.25) is 0 Å². The first kappa shape index (κ1) is 14.9. The summed E-state index contributed by atoms with van der Waals surface area (Å²) in [6.45, 7) is 4.43. The van der Waals surface area contributed by atoms with Crippen LogP contribution in [0.3, 0.4) is 0 Å². The number of carbonyl (C=O) groups is 1. The van der Waals surface area contributed by atoms with Crippen molar-refractivity contribution in [1.82, 2.24) is 0 Å². The molecule has 21 heavy (non-hydrogen) atoms. The Balaban J connectivity index is 1.78. The maximum Gasteiger partial charge on any atom is 0.245 e. The molecule has 1 amide bonds. The summed E-state index contributed by atoms with van der Waals surface area (Å²) in [6.07, 6.45) is 5.12. The van der Waals surface area contributed by atoms with Gasteiger partial charge in [0, 0.05) is 28.8 Å². The Morgan fingerprint density at radius 3 is 2.76 bits per heavy atom. The molecule has 0 aliphatic carbocycles. The lowest BCUT2D eigenvalue weighted by molar-refractivity contribution is -0.116. The van der Waals surface area contributed by atoms with Gasteiger partial charge in [0.25, 0.3) is 0 Å². The summed E-state index contributed by atoms with van der Waals surface area (Å²) in [7, 11) is 0. The van der Waals surface area contributed by atoms with E-state index in [-0.39, 0.29) is 5.91 Å². The van der Waals surface area contributed by atoms with Crippen molar-refractivity contribution >= 4 is 33.2 Å². The first-order chi connectivity index (χ1) is 10.1. The van der Waals surface area contributed by atoms with Crippen LogP contribution in [-0.4, -0.2) is 19.0 Å². The van der Waals surface area contributed by atoms with Crippen molar-refractivity contribution in [2.24, 2.45) is 11.7 Å². The number of benzene rings is 1. The van der Waals surface area contributed by atoms with Crippen molar-refractivity contribution in [3.05, 3.63) is 22.2 Å². The molecule has 3 N–H and O–H groups in total. The lowest BCUT2D eigenvalue weighted by Gasteiger charge is -2.34. The number of amides is 1. The second-order valence-electron chi connectivity index (χ2n) is 6.08. The highest BCUT2D eigenvalue weighted by Crippen LogP contribution is 2.39. The molecule has 4 nitrogen and oxygen atoms in total. The molecule has 1 fully saturated rings. The van der Waals surface area contributed by atoms with Gasteiger partial charge in [-0.2, -0.15) is 0 Å². The van der Waals surface area contributed by atoms with E-state index < -0.39 is 6.04 Å². The Hall–Kier alpha value is -1.07. The van der Waals surface area contributed by atoms with E-state index >= 15 is 0 Å². The van der Waals surface area contributed by atoms with Gasteiger partial charge in [-0.1, -0.05) is 19.8 Å². The fourth-order valence-electron chi connectivity index (χ4n) is 3.41. The SMILES string of the molecule is CCCC1CCN(c2cc3c(cc2Br)C(N)C(=O)N3)CC1. The summed E-state index contributed by atoms with van der Waals surface area (Å²) in [5.74, 6) is 0.753. The van der Waals surface area contributed by atoms with Gasteiger partial charge in [0.15, 0.2) is 0 Å². The minimum atomic E-state index is -0.541. The molecule has 0 saturated carbocycles. The summed E-state index contributed by atoms with van der Waals surface area (Å²) in [5.41, 5.74) is 8.81. The van der Waals surface area contributed by atoms with Gasteiger partial charge in [-0.25, -0.2) is 0 Å². The summed E-state index contributed by atoms with van der Waals surface area (Å²) >= 11 is 3.64. The Morgan fingerprint density at radius 1 is 1.38 bits per heavy atom. The third-order valence-electron chi connectivity index (χ3n) is 4.65. The predicted molar refractivity (Wildman–Crippen MR) is 89.5 cm³/mol. The molecule has 1 saturated heterocycles. The van der Waals surface area contributed by atoms with Gasteiger partial charge < -0.3 is 16.0 Å². The van der Waals surface area contributed by atoms with E-state index in [1.807, 2.05) is 6.07 Å². The third-order valence-corrected chi connectivity index (χ3v) is 5.28.